The minimum Gasteiger partial charge on any atom is -0.465 e. The van der Waals surface area contributed by atoms with Gasteiger partial charge in [-0.25, -0.2) is 4.79 Å². The molecule has 0 atom stereocenters. The highest BCUT2D eigenvalue weighted by Crippen LogP contribution is 2.18. The number of esters is 1. The lowest BCUT2D eigenvalue weighted by Gasteiger charge is -1.99. The fourth-order valence-corrected chi connectivity index (χ4v) is 2.00. The van der Waals surface area contributed by atoms with Crippen LogP contribution in [-0.2, 0) is 11.2 Å². The highest BCUT2D eigenvalue weighted by Gasteiger charge is 2.09. The van der Waals surface area contributed by atoms with E-state index in [1.165, 1.54) is 24.0 Å². The molecule has 0 spiro atoms. The standard InChI is InChI=1S/C10H14O2S/c1-7(2)4-8-5-9(13-6-8)10(11)12-3/h5-7H,4H2,1-3H3. The van der Waals surface area contributed by atoms with E-state index in [9.17, 15) is 4.79 Å². The normalized spacial score (nSPS) is 10.5. The molecule has 0 aromatic carbocycles. The van der Waals surface area contributed by atoms with Crippen molar-refractivity contribution in [1.29, 1.82) is 0 Å². The summed E-state index contributed by atoms with van der Waals surface area (Å²) in [5, 5.41) is 2.02. The molecule has 0 N–H and O–H groups in total. The number of methoxy groups -OCH3 is 1. The monoisotopic (exact) mass is 198 g/mol. The molecule has 0 radical (unpaired) electrons. The average Bonchev–Trinajstić information content (AvgIpc) is 2.50. The largest absolute Gasteiger partial charge is 0.465 e. The van der Waals surface area contributed by atoms with E-state index < -0.39 is 0 Å². The van der Waals surface area contributed by atoms with Crippen LogP contribution in [-0.4, -0.2) is 13.1 Å². The van der Waals surface area contributed by atoms with Crippen LogP contribution in [0.4, 0.5) is 0 Å². The zero-order chi connectivity index (χ0) is 9.84. The first-order chi connectivity index (χ1) is 6.13. The van der Waals surface area contributed by atoms with Gasteiger partial charge in [-0.2, -0.15) is 0 Å². The van der Waals surface area contributed by atoms with Crippen LogP contribution in [0.5, 0.6) is 0 Å². The van der Waals surface area contributed by atoms with Crippen molar-refractivity contribution < 1.29 is 9.53 Å². The maximum absolute atomic E-state index is 11.1. The van der Waals surface area contributed by atoms with Crippen molar-refractivity contribution in [3.05, 3.63) is 21.9 Å². The predicted octanol–water partition coefficient (Wildman–Crippen LogP) is 2.73. The van der Waals surface area contributed by atoms with Crippen molar-refractivity contribution in [2.24, 2.45) is 5.92 Å². The number of rotatable bonds is 3. The van der Waals surface area contributed by atoms with Crippen LogP contribution in [0.3, 0.4) is 0 Å². The lowest BCUT2D eigenvalue weighted by molar-refractivity contribution is 0.0606. The Hall–Kier alpha value is -0.830. The van der Waals surface area contributed by atoms with Gasteiger partial charge in [0, 0.05) is 0 Å². The SMILES string of the molecule is COC(=O)c1cc(CC(C)C)cs1. The van der Waals surface area contributed by atoms with Crippen LogP contribution in [0.15, 0.2) is 11.4 Å². The lowest BCUT2D eigenvalue weighted by Crippen LogP contribution is -1.97. The molecule has 0 aliphatic carbocycles. The van der Waals surface area contributed by atoms with Crippen molar-refractivity contribution in [3.63, 3.8) is 0 Å². The molecule has 1 heterocycles. The van der Waals surface area contributed by atoms with Gasteiger partial charge in [0.15, 0.2) is 0 Å². The van der Waals surface area contributed by atoms with Crippen molar-refractivity contribution in [1.82, 2.24) is 0 Å². The van der Waals surface area contributed by atoms with E-state index in [2.05, 4.69) is 18.6 Å². The summed E-state index contributed by atoms with van der Waals surface area (Å²) < 4.78 is 4.63. The Labute approximate surface area is 82.5 Å². The first-order valence-electron chi connectivity index (χ1n) is 4.29. The molecule has 0 bridgehead atoms. The van der Waals surface area contributed by atoms with E-state index in [0.717, 1.165) is 6.42 Å². The number of hydrogen-bond donors (Lipinski definition) is 0. The van der Waals surface area contributed by atoms with Crippen molar-refractivity contribution >= 4 is 17.3 Å². The van der Waals surface area contributed by atoms with E-state index in [1.54, 1.807) is 0 Å². The van der Waals surface area contributed by atoms with Gasteiger partial charge < -0.3 is 4.74 Å². The molecule has 0 saturated carbocycles. The second-order valence-corrected chi connectivity index (χ2v) is 4.32. The summed E-state index contributed by atoms with van der Waals surface area (Å²) in [6, 6.07) is 1.91. The lowest BCUT2D eigenvalue weighted by atomic mass is 10.1. The highest BCUT2D eigenvalue weighted by molar-refractivity contribution is 7.12. The molecule has 13 heavy (non-hydrogen) atoms. The quantitative estimate of drug-likeness (QED) is 0.698. The summed E-state index contributed by atoms with van der Waals surface area (Å²) in [6.45, 7) is 4.32. The molecule has 0 amide bonds. The van der Waals surface area contributed by atoms with Crippen LogP contribution in [0.1, 0.15) is 29.1 Å². The van der Waals surface area contributed by atoms with E-state index in [1.807, 2.05) is 11.4 Å². The van der Waals surface area contributed by atoms with Gasteiger partial charge in [0.05, 0.1) is 7.11 Å². The Morgan fingerprint density at radius 1 is 1.62 bits per heavy atom. The van der Waals surface area contributed by atoms with Crippen molar-refractivity contribution in [2.45, 2.75) is 20.3 Å². The summed E-state index contributed by atoms with van der Waals surface area (Å²) in [6.07, 6.45) is 1.02. The first-order valence-corrected chi connectivity index (χ1v) is 5.17. The maximum Gasteiger partial charge on any atom is 0.348 e. The molecule has 0 saturated heterocycles. The minimum atomic E-state index is -0.236. The third kappa shape index (κ3) is 2.84. The Bertz CT molecular complexity index is 289. The number of ether oxygens (including phenoxy) is 1. The molecule has 1 aromatic rings. The number of thiophene rings is 1. The van der Waals surface area contributed by atoms with Gasteiger partial charge in [-0.05, 0) is 29.3 Å². The Balaban J connectivity index is 2.69. The second-order valence-electron chi connectivity index (χ2n) is 3.41. The molecule has 1 rings (SSSR count). The fraction of sp³-hybridized carbons (Fsp3) is 0.500. The molecule has 0 aliphatic heterocycles. The minimum absolute atomic E-state index is 0.236. The van der Waals surface area contributed by atoms with Gasteiger partial charge in [0.1, 0.15) is 4.88 Å². The van der Waals surface area contributed by atoms with Crippen molar-refractivity contribution in [2.75, 3.05) is 7.11 Å². The zero-order valence-electron chi connectivity index (χ0n) is 8.16. The van der Waals surface area contributed by atoms with Crippen LogP contribution >= 0.6 is 11.3 Å². The first kappa shape index (κ1) is 10.3. The highest BCUT2D eigenvalue weighted by atomic mass is 32.1. The van der Waals surface area contributed by atoms with Crippen LogP contribution in [0.25, 0.3) is 0 Å². The van der Waals surface area contributed by atoms with E-state index >= 15 is 0 Å². The van der Waals surface area contributed by atoms with Crippen LogP contribution < -0.4 is 0 Å². The van der Waals surface area contributed by atoms with E-state index in [-0.39, 0.29) is 5.97 Å². The number of hydrogen-bond acceptors (Lipinski definition) is 3. The average molecular weight is 198 g/mol. The fourth-order valence-electron chi connectivity index (χ4n) is 1.16. The zero-order valence-corrected chi connectivity index (χ0v) is 8.98. The topological polar surface area (TPSA) is 26.3 Å². The number of carbonyl (C=O) groups is 1. The number of carbonyl (C=O) groups excluding carboxylic acids is 1. The summed E-state index contributed by atoms with van der Waals surface area (Å²) in [5.41, 5.74) is 1.22. The molecule has 0 aliphatic rings. The van der Waals surface area contributed by atoms with Gasteiger partial charge in [-0.1, -0.05) is 13.8 Å². The Morgan fingerprint density at radius 2 is 2.31 bits per heavy atom. The Morgan fingerprint density at radius 3 is 2.85 bits per heavy atom. The summed E-state index contributed by atoms with van der Waals surface area (Å²) in [4.78, 5) is 11.8. The van der Waals surface area contributed by atoms with Gasteiger partial charge in [-0.3, -0.25) is 0 Å². The van der Waals surface area contributed by atoms with Crippen LogP contribution in [0.2, 0.25) is 0 Å². The van der Waals surface area contributed by atoms with Crippen LogP contribution in [0, 0.1) is 5.92 Å². The molecule has 1 aromatic heterocycles. The molecular formula is C10H14O2S. The van der Waals surface area contributed by atoms with Crippen molar-refractivity contribution in [3.8, 4) is 0 Å². The van der Waals surface area contributed by atoms with Gasteiger partial charge in [0.25, 0.3) is 0 Å². The smallest absolute Gasteiger partial charge is 0.348 e. The second kappa shape index (κ2) is 4.42. The molecule has 3 heteroatoms. The van der Waals surface area contributed by atoms with Gasteiger partial charge in [0.2, 0.25) is 0 Å². The summed E-state index contributed by atoms with van der Waals surface area (Å²) in [7, 11) is 1.41. The third-order valence-corrected chi connectivity index (χ3v) is 2.64. The summed E-state index contributed by atoms with van der Waals surface area (Å²) >= 11 is 1.45. The van der Waals surface area contributed by atoms with E-state index in [4.69, 9.17) is 0 Å². The Kier molecular flexibility index (Phi) is 3.48. The molecule has 0 fully saturated rings. The predicted molar refractivity (Wildman–Crippen MR) is 54.2 cm³/mol. The van der Waals surface area contributed by atoms with Gasteiger partial charge >= 0.3 is 5.97 Å². The molecule has 0 unspecified atom stereocenters. The molecular weight excluding hydrogens is 184 g/mol. The molecule has 72 valence electrons. The van der Waals surface area contributed by atoms with Gasteiger partial charge in [-0.15, -0.1) is 11.3 Å². The molecule has 2 nitrogen and oxygen atoms in total. The third-order valence-electron chi connectivity index (χ3n) is 1.68. The summed E-state index contributed by atoms with van der Waals surface area (Å²) in [5.74, 6) is 0.389. The van der Waals surface area contributed by atoms with E-state index in [0.29, 0.717) is 10.8 Å². The maximum atomic E-state index is 11.1.